The molecule has 0 radical (unpaired) electrons. The number of phenolic OH excluding ortho intramolecular Hbond substituents is 1. The van der Waals surface area contributed by atoms with Crippen molar-refractivity contribution in [2.75, 3.05) is 59.2 Å². The lowest BCUT2D eigenvalue weighted by atomic mass is 9.44. The molecule has 3 heterocycles. The lowest BCUT2D eigenvalue weighted by Gasteiger charge is -2.61. The molecule has 6 unspecified atom stereocenters. The summed E-state index contributed by atoms with van der Waals surface area (Å²) >= 11 is 0. The minimum absolute atomic E-state index is 0.0000384. The zero-order chi connectivity index (χ0) is 93.1. The molecule has 6 fully saturated rings. The molecule has 4 aliphatic carbocycles. The van der Waals surface area contributed by atoms with E-state index in [-0.39, 0.29) is 146 Å². The lowest BCUT2D eigenvalue weighted by Crippen LogP contribution is -2.62. The van der Waals surface area contributed by atoms with Gasteiger partial charge < -0.3 is 110 Å². The summed E-state index contributed by atoms with van der Waals surface area (Å²) in [4.78, 5) is 194. The fourth-order valence-corrected chi connectivity index (χ4v) is 20.7. The summed E-state index contributed by atoms with van der Waals surface area (Å²) in [5.41, 5.74) is 20.1. The van der Waals surface area contributed by atoms with Crippen molar-refractivity contribution in [2.24, 2.45) is 68.5 Å². The Bertz CT molecular complexity index is 4520. The van der Waals surface area contributed by atoms with Crippen LogP contribution in [0, 0.1) is 46.3 Å². The SMILES string of the molecule is CCCC[C@H](NC(=O)[C@H](CO)NC(=O)[C@H](Cc1ccc(O)cc1)NC(=O)[C@H](C)NCC(=O)OCCOCCNC(=O)CCC(C)[C@H]1CCC2C3CCC4CC(O)CC[C@]4(C)C3CC[C@@]21C)C(=O)N[C@H]1CCC(=O)NCCCC[C@@H](C(N)=O)NC(=O)[C@H](Cc2c[nH]c3ccccc23)NC(=O)[C@H](CCCN=C(N)N)NC(=O)[C@@H](Cc2ccccc2)NC(=O)[C@@H]2[C@@H](O)CCN2C1=O. The smallest absolute Gasteiger partial charge is 0.320 e. The Morgan fingerprint density at radius 2 is 1.35 bits per heavy atom. The fourth-order valence-electron chi connectivity index (χ4n) is 20.7. The van der Waals surface area contributed by atoms with Crippen molar-refractivity contribution in [1.29, 1.82) is 0 Å². The molecule has 2 aliphatic heterocycles. The first-order valence-electron chi connectivity index (χ1n) is 46.2. The van der Waals surface area contributed by atoms with Gasteiger partial charge in [-0.25, -0.2) is 0 Å². The summed E-state index contributed by atoms with van der Waals surface area (Å²) in [6.45, 7) is 9.20. The second-order valence-electron chi connectivity index (χ2n) is 36.6. The van der Waals surface area contributed by atoms with Gasteiger partial charge >= 0.3 is 5.97 Å². The van der Waals surface area contributed by atoms with Gasteiger partial charge in [-0.2, -0.15) is 0 Å². The monoisotopic (exact) mass is 1800 g/mol. The van der Waals surface area contributed by atoms with Crippen LogP contribution >= 0.6 is 0 Å². The number of aliphatic hydroxyl groups excluding tert-OH is 3. The molecule has 0 bridgehead atoms. The molecule has 3 aromatic carbocycles. The second kappa shape index (κ2) is 48.2. The number of H-pyrrole nitrogens is 1. The van der Waals surface area contributed by atoms with Gasteiger partial charge in [0, 0.05) is 75.4 Å². The quantitative estimate of drug-likeness (QED) is 0.0133. The van der Waals surface area contributed by atoms with E-state index in [4.69, 9.17) is 26.7 Å². The molecule has 36 heteroatoms. The van der Waals surface area contributed by atoms with Gasteiger partial charge in [0.05, 0.1) is 44.6 Å². The van der Waals surface area contributed by atoms with Crippen LogP contribution in [-0.4, -0.2) is 245 Å². The average Bonchev–Trinajstić information content (AvgIpc) is 1.66. The number of amides is 12. The molecule has 708 valence electrons. The van der Waals surface area contributed by atoms with E-state index >= 15 is 14.4 Å². The van der Waals surface area contributed by atoms with Crippen molar-refractivity contribution in [3.63, 3.8) is 0 Å². The summed E-state index contributed by atoms with van der Waals surface area (Å²) in [7, 11) is 0. The predicted molar refractivity (Wildman–Crippen MR) is 479 cm³/mol. The number of hydrogen-bond donors (Lipinski definition) is 19. The standard InChI is InChI=1S/C93H137N17O19/c1-6-7-19-69(104-88(125)75(53-111)109-86(123)72(48-57-24-27-60(112)28-25-57)106-82(119)55(3)100-52-79(117)129-46-45-128-44-42-98-77(115)33-23-54(2)64-30-31-65-63-29-26-59-50-61(113)35-38-92(59,4)66(63)36-39-93(64,65)5)83(120)105-71-32-34-78(116)97-40-14-13-21-68(81(94)118)102-87(124)74(49-58-51-101-67-20-12-11-18-62(58)67)107-84(121)70(22-15-41-99-91(95)96)103-85(122)73(47-56-16-9-8-10-17-56)108-89(126)80-76(114)37-43-110(80)90(71)127/h8-12,16-18,20,24-25,27-28,51,54-55,59,61,63-66,68-76,80,100-101,111-114H,6-7,13-15,19,21-23,26,29-50,52-53H2,1-5H3,(H2,94,118)(H,97,116)(H,98,115)(H,102,124)(H,103,122)(H,104,125)(H,105,120)(H,106,119)(H,107,121)(H,108,126)(H,109,123)(H4,95,96,99)/t54?,55-,59?,61?,63?,64+,65?,66?,68-,69-,70-,71-,72-,73+,74-,75-,76-,80-,92-,93+/m0/s1. The topological polar surface area (TPSA) is 563 Å². The summed E-state index contributed by atoms with van der Waals surface area (Å²) < 4.78 is 11.0. The van der Waals surface area contributed by atoms with Gasteiger partial charge in [0.25, 0.3) is 0 Å². The summed E-state index contributed by atoms with van der Waals surface area (Å²) in [6.07, 6.45) is 11.1. The number of aromatic amines is 1. The minimum atomic E-state index is -1.79. The van der Waals surface area contributed by atoms with Crippen LogP contribution in [0.25, 0.3) is 10.9 Å². The van der Waals surface area contributed by atoms with Crippen LogP contribution in [-0.2, 0) is 91.1 Å². The number of unbranched alkanes of at least 4 members (excludes halogenated alkanes) is 1. The van der Waals surface area contributed by atoms with Gasteiger partial charge in [-0.15, -0.1) is 0 Å². The highest BCUT2D eigenvalue weighted by Gasteiger charge is 2.61. The van der Waals surface area contributed by atoms with Gasteiger partial charge in [0.2, 0.25) is 70.9 Å². The highest BCUT2D eigenvalue weighted by atomic mass is 16.6. The molecular formula is C93H137N17O19. The number of nitrogens with zero attached hydrogens (tertiary/aromatic N) is 2. The highest BCUT2D eigenvalue weighted by Crippen LogP contribution is 2.68. The van der Waals surface area contributed by atoms with Crippen molar-refractivity contribution >= 4 is 93.7 Å². The molecule has 1 aromatic heterocycles. The zero-order valence-corrected chi connectivity index (χ0v) is 75.1. The van der Waals surface area contributed by atoms with Crippen LogP contribution in [0.2, 0.25) is 0 Å². The number of nitrogens with two attached hydrogens (primary N) is 3. The maximum atomic E-state index is 15.3. The zero-order valence-electron chi connectivity index (χ0n) is 75.1. The Morgan fingerprint density at radius 1 is 0.667 bits per heavy atom. The van der Waals surface area contributed by atoms with E-state index in [0.717, 1.165) is 53.3 Å². The van der Waals surface area contributed by atoms with Crippen molar-refractivity contribution in [3.8, 4) is 5.75 Å². The number of primary amides is 1. The summed E-state index contributed by atoms with van der Waals surface area (Å²) in [5, 5.41) is 73.7. The third kappa shape index (κ3) is 27.9. The van der Waals surface area contributed by atoms with Crippen LogP contribution in [0.3, 0.4) is 0 Å². The second-order valence-corrected chi connectivity index (χ2v) is 36.6. The molecule has 36 nitrogen and oxygen atoms in total. The van der Waals surface area contributed by atoms with E-state index in [1.165, 1.54) is 69.7 Å². The van der Waals surface area contributed by atoms with Gasteiger partial charge in [-0.1, -0.05) is 101 Å². The number of phenols is 1. The fraction of sp³-hybridized carbons (Fsp3) is 0.634. The van der Waals surface area contributed by atoms with Crippen LogP contribution in [0.15, 0.2) is 90.1 Å². The molecule has 0 spiro atoms. The van der Waals surface area contributed by atoms with E-state index in [0.29, 0.717) is 58.6 Å². The van der Waals surface area contributed by atoms with E-state index in [1.807, 2.05) is 18.2 Å². The third-order valence-corrected chi connectivity index (χ3v) is 27.9. The average molecular weight is 1800 g/mol. The molecule has 22 N–H and O–H groups in total. The number of ether oxygens (including phenoxy) is 2. The van der Waals surface area contributed by atoms with Crippen molar-refractivity contribution in [2.45, 2.75) is 268 Å². The summed E-state index contributed by atoms with van der Waals surface area (Å²) in [6, 6.07) is 6.41. The highest BCUT2D eigenvalue weighted by molar-refractivity contribution is 6.00. The first kappa shape index (κ1) is 100. The number of benzene rings is 3. The number of hydrogen-bond acceptors (Lipinski definition) is 21. The maximum absolute atomic E-state index is 15.3. The molecule has 2 saturated heterocycles. The van der Waals surface area contributed by atoms with E-state index in [2.05, 4.69) is 89.2 Å². The van der Waals surface area contributed by atoms with Crippen molar-refractivity contribution < 1.29 is 92.2 Å². The third-order valence-electron chi connectivity index (χ3n) is 27.9. The molecule has 12 amide bonds. The molecule has 20 atom stereocenters. The predicted octanol–water partition coefficient (Wildman–Crippen LogP) is 1.63. The Balaban J connectivity index is 0.748. The summed E-state index contributed by atoms with van der Waals surface area (Å²) in [5.74, 6) is -7.21. The van der Waals surface area contributed by atoms with Gasteiger partial charge in [-0.05, 0) is 204 Å². The number of nitrogens with one attached hydrogen (secondary N) is 12. The maximum Gasteiger partial charge on any atom is 0.320 e. The number of fused-ring (bicyclic) bond motifs is 7. The van der Waals surface area contributed by atoms with E-state index < -0.39 is 163 Å². The normalized spacial score (nSPS) is 27.2. The molecule has 6 aliphatic rings. The minimum Gasteiger partial charge on any atom is -0.508 e. The number of para-hydroxylation sites is 1. The van der Waals surface area contributed by atoms with Crippen molar-refractivity contribution in [3.05, 3.63) is 102 Å². The number of aliphatic imine (C=N–C) groups is 1. The number of aliphatic hydroxyl groups is 3. The Hall–Kier alpha value is -10.8. The van der Waals surface area contributed by atoms with Gasteiger partial charge in [0.1, 0.15) is 66.7 Å². The molecule has 10 rings (SSSR count). The Kier molecular flexibility index (Phi) is 37.5. The molecular weight excluding hydrogens is 1660 g/mol. The van der Waals surface area contributed by atoms with Gasteiger partial charge in [-0.3, -0.25) is 72.6 Å². The number of carbonyl (C=O) groups excluding carboxylic acids is 13. The molecule has 4 aromatic rings. The Labute approximate surface area is 753 Å². The van der Waals surface area contributed by atoms with Crippen LogP contribution < -0.4 is 75.7 Å². The Morgan fingerprint density at radius 3 is 2.09 bits per heavy atom. The largest absolute Gasteiger partial charge is 0.508 e. The number of esters is 1. The number of aromatic nitrogens is 1. The van der Waals surface area contributed by atoms with Crippen molar-refractivity contribution in [1.82, 2.24) is 68.4 Å². The lowest BCUT2D eigenvalue weighted by molar-refractivity contribution is -0.144. The molecule has 129 heavy (non-hydrogen) atoms. The van der Waals surface area contributed by atoms with Crippen LogP contribution in [0.1, 0.15) is 193 Å². The van der Waals surface area contributed by atoms with E-state index in [9.17, 15) is 68.4 Å². The molecule has 4 saturated carbocycles. The van der Waals surface area contributed by atoms with Crippen LogP contribution in [0.4, 0.5) is 0 Å². The number of aromatic hydroxyl groups is 1. The number of carbonyl (C=O) groups is 13. The first-order chi connectivity index (χ1) is 61.8. The van der Waals surface area contributed by atoms with E-state index in [1.54, 1.807) is 49.5 Å². The number of rotatable bonds is 36. The van der Waals surface area contributed by atoms with Crippen LogP contribution in [0.5, 0.6) is 5.75 Å². The van der Waals surface area contributed by atoms with Gasteiger partial charge in [0.15, 0.2) is 5.96 Å². The number of guanidine groups is 1. The first-order valence-corrected chi connectivity index (χ1v) is 46.2.